The van der Waals surface area contributed by atoms with Crippen molar-refractivity contribution in [1.29, 1.82) is 0 Å². The first kappa shape index (κ1) is 13.4. The zero-order chi connectivity index (χ0) is 13.3. The van der Waals surface area contributed by atoms with E-state index in [2.05, 4.69) is 46.4 Å². The van der Waals surface area contributed by atoms with Gasteiger partial charge >= 0.3 is 0 Å². The Labute approximate surface area is 112 Å². The van der Waals surface area contributed by atoms with Gasteiger partial charge in [0.15, 0.2) is 0 Å². The number of rotatable bonds is 2. The van der Waals surface area contributed by atoms with Gasteiger partial charge in [-0.15, -0.1) is 0 Å². The number of benzene rings is 1. The summed E-state index contributed by atoms with van der Waals surface area (Å²) in [6.45, 7) is 13.4. The second-order valence-corrected chi connectivity index (χ2v) is 6.22. The van der Waals surface area contributed by atoms with Crippen molar-refractivity contribution in [1.82, 2.24) is 0 Å². The molecule has 1 aromatic rings. The molecule has 0 atom stereocenters. The third kappa shape index (κ3) is 2.68. The molecule has 0 heteroatoms. The summed E-state index contributed by atoms with van der Waals surface area (Å²) in [5, 5.41) is 0. The van der Waals surface area contributed by atoms with E-state index in [0.29, 0.717) is 5.92 Å². The molecule has 0 radical (unpaired) electrons. The van der Waals surface area contributed by atoms with Crippen molar-refractivity contribution in [2.45, 2.75) is 53.4 Å². The molecule has 2 rings (SSSR count). The lowest BCUT2D eigenvalue weighted by molar-refractivity contribution is 0.337. The van der Waals surface area contributed by atoms with Crippen LogP contribution in [0.3, 0.4) is 0 Å². The standard InChI is InChI=1S/C18H26/c1-12-6-8-17(9-7-12)16(5)18-10-13(2)15(4)14(3)11-18/h10-12,17H,5-9H2,1-4H3. The molecule has 0 aliphatic heterocycles. The third-order valence-corrected chi connectivity index (χ3v) is 4.81. The number of aryl methyl sites for hydroxylation is 2. The molecule has 1 aliphatic carbocycles. The highest BCUT2D eigenvalue weighted by atomic mass is 14.3. The van der Waals surface area contributed by atoms with E-state index < -0.39 is 0 Å². The summed E-state index contributed by atoms with van der Waals surface area (Å²) >= 11 is 0. The molecule has 0 N–H and O–H groups in total. The molecule has 1 saturated carbocycles. The van der Waals surface area contributed by atoms with Crippen LogP contribution in [-0.2, 0) is 0 Å². The monoisotopic (exact) mass is 242 g/mol. The molecule has 1 aliphatic rings. The highest BCUT2D eigenvalue weighted by molar-refractivity contribution is 5.67. The molecular formula is C18H26. The normalized spacial score (nSPS) is 24.0. The fourth-order valence-electron chi connectivity index (χ4n) is 3.07. The van der Waals surface area contributed by atoms with Gasteiger partial charge in [0.05, 0.1) is 0 Å². The van der Waals surface area contributed by atoms with Crippen LogP contribution in [0.1, 0.15) is 54.9 Å². The van der Waals surface area contributed by atoms with Gasteiger partial charge in [-0.05, 0) is 73.3 Å². The van der Waals surface area contributed by atoms with Crippen LogP contribution < -0.4 is 0 Å². The summed E-state index contributed by atoms with van der Waals surface area (Å²) in [6.07, 6.45) is 5.39. The van der Waals surface area contributed by atoms with Crippen molar-refractivity contribution in [3.05, 3.63) is 41.0 Å². The van der Waals surface area contributed by atoms with Crippen molar-refractivity contribution < 1.29 is 0 Å². The minimum absolute atomic E-state index is 0.711. The molecule has 0 bridgehead atoms. The van der Waals surface area contributed by atoms with Crippen LogP contribution in [0, 0.1) is 32.6 Å². The first-order valence-corrected chi connectivity index (χ1v) is 7.26. The Hall–Kier alpha value is -1.04. The highest BCUT2D eigenvalue weighted by Crippen LogP contribution is 2.37. The molecule has 0 spiro atoms. The van der Waals surface area contributed by atoms with Gasteiger partial charge in [0.25, 0.3) is 0 Å². The summed E-state index contributed by atoms with van der Waals surface area (Å²) in [4.78, 5) is 0. The molecule has 1 fully saturated rings. The Kier molecular flexibility index (Phi) is 3.94. The molecule has 0 unspecified atom stereocenters. The van der Waals surface area contributed by atoms with Crippen LogP contribution in [0.15, 0.2) is 18.7 Å². The van der Waals surface area contributed by atoms with Crippen LogP contribution in [0.25, 0.3) is 5.57 Å². The van der Waals surface area contributed by atoms with Gasteiger partial charge in [-0.3, -0.25) is 0 Å². The van der Waals surface area contributed by atoms with E-state index in [0.717, 1.165) is 5.92 Å². The molecule has 98 valence electrons. The zero-order valence-electron chi connectivity index (χ0n) is 12.3. The zero-order valence-corrected chi connectivity index (χ0v) is 12.3. The predicted octanol–water partition coefficient (Wildman–Crippen LogP) is 5.45. The number of hydrogen-bond donors (Lipinski definition) is 0. The summed E-state index contributed by atoms with van der Waals surface area (Å²) in [5.74, 6) is 1.62. The van der Waals surface area contributed by atoms with Crippen LogP contribution >= 0.6 is 0 Å². The van der Waals surface area contributed by atoms with E-state index in [4.69, 9.17) is 0 Å². The lowest BCUT2D eigenvalue weighted by atomic mass is 9.77. The number of allylic oxidation sites excluding steroid dienone is 1. The first-order valence-electron chi connectivity index (χ1n) is 7.26. The Morgan fingerprint density at radius 3 is 2.00 bits per heavy atom. The highest BCUT2D eigenvalue weighted by Gasteiger charge is 2.21. The van der Waals surface area contributed by atoms with Gasteiger partial charge in [-0.2, -0.15) is 0 Å². The Balaban J connectivity index is 2.19. The lowest BCUT2D eigenvalue weighted by Gasteiger charge is -2.28. The molecular weight excluding hydrogens is 216 g/mol. The largest absolute Gasteiger partial charge is 0.0950 e. The Morgan fingerprint density at radius 1 is 1.00 bits per heavy atom. The Morgan fingerprint density at radius 2 is 1.50 bits per heavy atom. The van der Waals surface area contributed by atoms with Crippen molar-refractivity contribution in [2.24, 2.45) is 11.8 Å². The average Bonchev–Trinajstić information content (AvgIpc) is 2.35. The average molecular weight is 242 g/mol. The maximum atomic E-state index is 4.39. The van der Waals surface area contributed by atoms with Crippen molar-refractivity contribution in [3.8, 4) is 0 Å². The Bertz CT molecular complexity index is 422. The van der Waals surface area contributed by atoms with Gasteiger partial charge < -0.3 is 0 Å². The minimum atomic E-state index is 0.711. The number of hydrogen-bond acceptors (Lipinski definition) is 0. The van der Waals surface area contributed by atoms with Crippen molar-refractivity contribution >= 4 is 5.57 Å². The molecule has 0 heterocycles. The second kappa shape index (κ2) is 5.30. The van der Waals surface area contributed by atoms with E-state index in [1.165, 1.54) is 53.5 Å². The third-order valence-electron chi connectivity index (χ3n) is 4.81. The van der Waals surface area contributed by atoms with Crippen molar-refractivity contribution in [3.63, 3.8) is 0 Å². The molecule has 0 aromatic heterocycles. The molecule has 18 heavy (non-hydrogen) atoms. The first-order chi connectivity index (χ1) is 8.49. The fraction of sp³-hybridized carbons (Fsp3) is 0.556. The van der Waals surface area contributed by atoms with Crippen LogP contribution in [0.2, 0.25) is 0 Å². The molecule has 0 amide bonds. The van der Waals surface area contributed by atoms with E-state index in [1.807, 2.05) is 0 Å². The fourth-order valence-corrected chi connectivity index (χ4v) is 3.07. The van der Waals surface area contributed by atoms with E-state index in [1.54, 1.807) is 0 Å². The molecule has 0 nitrogen and oxygen atoms in total. The van der Waals surface area contributed by atoms with Gasteiger partial charge in [-0.1, -0.05) is 38.5 Å². The molecule has 1 aromatic carbocycles. The van der Waals surface area contributed by atoms with Gasteiger partial charge in [-0.25, -0.2) is 0 Å². The van der Waals surface area contributed by atoms with E-state index in [9.17, 15) is 0 Å². The minimum Gasteiger partial charge on any atom is -0.0950 e. The quantitative estimate of drug-likeness (QED) is 0.646. The maximum Gasteiger partial charge on any atom is -0.0162 e. The second-order valence-electron chi connectivity index (χ2n) is 6.22. The lowest BCUT2D eigenvalue weighted by Crippen LogP contribution is -2.13. The van der Waals surface area contributed by atoms with Crippen LogP contribution in [0.4, 0.5) is 0 Å². The SMILES string of the molecule is C=C(c1cc(C)c(C)c(C)c1)C1CCC(C)CC1. The van der Waals surface area contributed by atoms with Crippen LogP contribution in [-0.4, -0.2) is 0 Å². The summed E-state index contributed by atoms with van der Waals surface area (Å²) < 4.78 is 0. The van der Waals surface area contributed by atoms with E-state index in [-0.39, 0.29) is 0 Å². The summed E-state index contributed by atoms with van der Waals surface area (Å²) in [7, 11) is 0. The van der Waals surface area contributed by atoms with Crippen LogP contribution in [0.5, 0.6) is 0 Å². The predicted molar refractivity (Wildman–Crippen MR) is 80.8 cm³/mol. The smallest absolute Gasteiger partial charge is 0.0162 e. The maximum absolute atomic E-state index is 4.39. The van der Waals surface area contributed by atoms with Gasteiger partial charge in [0.1, 0.15) is 0 Å². The topological polar surface area (TPSA) is 0 Å². The molecule has 0 saturated heterocycles. The van der Waals surface area contributed by atoms with Crippen molar-refractivity contribution in [2.75, 3.05) is 0 Å². The van der Waals surface area contributed by atoms with E-state index >= 15 is 0 Å². The van der Waals surface area contributed by atoms with Gasteiger partial charge in [0, 0.05) is 0 Å². The van der Waals surface area contributed by atoms with Gasteiger partial charge in [0.2, 0.25) is 0 Å². The summed E-state index contributed by atoms with van der Waals surface area (Å²) in [5.41, 5.74) is 6.96. The summed E-state index contributed by atoms with van der Waals surface area (Å²) in [6, 6.07) is 4.64.